The van der Waals surface area contributed by atoms with Gasteiger partial charge in [0.2, 0.25) is 0 Å². The molecule has 0 saturated heterocycles. The molecule has 5 heterocycles. The summed E-state index contributed by atoms with van der Waals surface area (Å²) in [5.74, 6) is 3.95. The second kappa shape index (κ2) is 63.8. The van der Waals surface area contributed by atoms with Crippen LogP contribution in [0.25, 0.3) is 111 Å². The van der Waals surface area contributed by atoms with Gasteiger partial charge >= 0.3 is 0 Å². The predicted octanol–water partition coefficient (Wildman–Crippen LogP) is 28.7. The van der Waals surface area contributed by atoms with Gasteiger partial charge in [0.25, 0.3) is 0 Å². The number of aliphatic hydroxyl groups excluding tert-OH is 5. The van der Waals surface area contributed by atoms with Gasteiger partial charge < -0.3 is 49.2 Å². The number of aliphatic hydroxyl groups is 5. The minimum Gasteiger partial charge on any atom is -0.512 e. The molecule has 5 N–H and O–H groups in total. The van der Waals surface area contributed by atoms with Crippen LogP contribution in [0.1, 0.15) is 158 Å². The van der Waals surface area contributed by atoms with Gasteiger partial charge in [-0.3, -0.25) is 48.9 Å². The van der Waals surface area contributed by atoms with Crippen molar-refractivity contribution in [2.45, 2.75) is 180 Å². The van der Waals surface area contributed by atoms with Gasteiger partial charge in [0.05, 0.1) is 91.9 Å². The molecule has 0 bridgehead atoms. The Hall–Kier alpha value is -12.5. The van der Waals surface area contributed by atoms with E-state index in [1.54, 1.807) is 35.5 Å². The first-order chi connectivity index (χ1) is 66.5. The smallest absolute Gasteiger partial charge is 0.155 e. The van der Waals surface area contributed by atoms with Crippen molar-refractivity contribution < 1.29 is 174 Å². The molecule has 5 aromatic heterocycles. The number of hydrogen-bond acceptors (Lipinski definition) is 20. The fourth-order valence-electron chi connectivity index (χ4n) is 14.4. The van der Waals surface area contributed by atoms with Gasteiger partial charge in [-0.25, -0.2) is 0 Å². The maximum absolute atomic E-state index is 10.0. The Kier molecular flexibility index (Phi) is 57.5. The van der Waals surface area contributed by atoms with E-state index in [2.05, 4.69) is 214 Å². The SMILES string of the molecule is CC(=O)C=C(C)O.CC(=O)C=C(C)O.CC(=O)C=C(C)O.CC(=O)C=C(C)O.CC(=O)C=C(C)O.COc1ccc2nc(-c3[c-]c(C)c(C)c(C)c3C)ccc2c1.COc1ccc2nc(-c3[c-]c(C)cc(C)c3C)ccc2c1.COc1ccc2nc(-c3[c-]c(C)cc(C)c3C)ccc2c1.COc1ccc2nc(-c3[c-]cc(C)c(C)c3C)ccc2c1.COc1ccc2nc(-c3[c-]cc(C)c(C)c3C)ccc2c1.[Ir].[Ir].[Ir].[Ir].[Ir]. The average Bonchev–Trinajstić information content (AvgIpc) is 0.793. The van der Waals surface area contributed by atoms with Crippen LogP contribution in [0.5, 0.6) is 28.7 Å². The number of carbonyl (C=O) groups excluding carboxylic acids is 5. The number of methoxy groups -OCH3 is 5. The normalized spacial score (nSPS) is 10.6. The molecule has 0 aliphatic heterocycles. The first-order valence-electron chi connectivity index (χ1n) is 45.6. The zero-order valence-electron chi connectivity index (χ0n) is 88.9. The number of carbonyl (C=O) groups is 5. The van der Waals surface area contributed by atoms with Crippen LogP contribution in [0.2, 0.25) is 0 Å². The molecule has 0 aliphatic carbocycles. The number of fused-ring (bicyclic) bond motifs is 5. The number of aryl methyl sites for hydroxylation is 7. The van der Waals surface area contributed by atoms with Crippen LogP contribution in [0.15, 0.2) is 235 Å². The Balaban J connectivity index is 0.000000836. The fraction of sp³-hybridized carbons (Fsp3) is 0.256. The molecule has 0 fully saturated rings. The molecule has 0 unspecified atom stereocenters. The van der Waals surface area contributed by atoms with Crippen LogP contribution >= 0.6 is 0 Å². The van der Waals surface area contributed by atoms with Crippen molar-refractivity contribution in [1.29, 1.82) is 0 Å². The maximum Gasteiger partial charge on any atom is 0.155 e. The first-order valence-corrected chi connectivity index (χ1v) is 45.6. The number of pyridine rings is 5. The average molecular weight is 2860 g/mol. The third-order valence-corrected chi connectivity index (χ3v) is 22.6. The van der Waals surface area contributed by atoms with Crippen molar-refractivity contribution in [3.8, 4) is 85.0 Å². The Morgan fingerprint density at radius 3 is 0.644 bits per heavy atom. The maximum atomic E-state index is 10.0. The number of ether oxygens (including phenoxy) is 5. The number of rotatable bonds is 15. The van der Waals surface area contributed by atoms with Crippen LogP contribution in [-0.2, 0) is 124 Å². The van der Waals surface area contributed by atoms with Crippen LogP contribution in [0.4, 0.5) is 0 Å². The van der Waals surface area contributed by atoms with Gasteiger partial charge in [0.1, 0.15) is 28.7 Å². The van der Waals surface area contributed by atoms with E-state index >= 15 is 0 Å². The number of aromatic nitrogens is 5. The monoisotopic (exact) mass is 2860 g/mol. The summed E-state index contributed by atoms with van der Waals surface area (Å²) in [5.41, 5.74) is 35.2. The molecule has 0 atom stereocenters. The predicted molar refractivity (Wildman–Crippen MR) is 574 cm³/mol. The third kappa shape index (κ3) is 41.1. The number of benzene rings is 10. The quantitative estimate of drug-likeness (QED) is 0.0362. The van der Waals surface area contributed by atoms with E-state index in [1.165, 1.54) is 178 Å². The van der Waals surface area contributed by atoms with E-state index in [9.17, 15) is 24.0 Å². The first kappa shape index (κ1) is 132. The van der Waals surface area contributed by atoms with E-state index in [0.717, 1.165) is 151 Å². The molecule has 0 saturated carbocycles. The standard InChI is InChI=1S/C20H20NO.4C19H18NO.5C5H8O2.5Ir/c1-12-10-18(15(4)14(3)13(12)2)20-8-6-16-11-17(22-5)7-9-19(16)21-20;2*1-12-5-8-17(14(3)13(12)2)19-9-6-15-11-16(21-4)7-10-18(15)20-19;2*1-12-9-13(2)14(3)17(10-12)19-7-5-15-11-16(21-4)6-8-18(15)20-19;5*1-4(6)3-5(2)7;;;;;/h6-9,11H,1-5H3;2*5-7,9-11H,1-4H3;2*5-9,11H,1-4H3;5*3,6H,1-2H3;;;;;/q5*-1;;;;;;;;;;. The summed E-state index contributed by atoms with van der Waals surface area (Å²) in [6, 6.07) is 75.9. The number of ketones is 5. The van der Waals surface area contributed by atoms with E-state index in [0.29, 0.717) is 0 Å². The van der Waals surface area contributed by atoms with Crippen molar-refractivity contribution in [2.75, 3.05) is 35.5 Å². The van der Waals surface area contributed by atoms with Crippen molar-refractivity contribution >= 4 is 83.4 Å². The fourth-order valence-corrected chi connectivity index (χ4v) is 14.4. The Morgan fingerprint density at radius 2 is 0.445 bits per heavy atom. The number of allylic oxidation sites excluding steroid dienone is 10. The third-order valence-electron chi connectivity index (χ3n) is 22.6. The molecule has 15 aromatic rings. The van der Waals surface area contributed by atoms with Gasteiger partial charge in [-0.05, 0) is 189 Å². The summed E-state index contributed by atoms with van der Waals surface area (Å²) in [7, 11) is 8.39. The van der Waals surface area contributed by atoms with Crippen LogP contribution in [0.3, 0.4) is 0 Å². The van der Waals surface area contributed by atoms with Gasteiger partial charge in [-0.1, -0.05) is 171 Å². The van der Waals surface area contributed by atoms with Crippen molar-refractivity contribution in [2.24, 2.45) is 0 Å². The second-order valence-corrected chi connectivity index (χ2v) is 34.2. The molecule has 20 nitrogen and oxygen atoms in total. The summed E-state index contributed by atoms with van der Waals surface area (Å²) >= 11 is 0. The molecular formula is C121H132Ir5N5O15-5. The largest absolute Gasteiger partial charge is 0.512 e. The molecular weight excluding hydrogens is 2720 g/mol. The van der Waals surface area contributed by atoms with Crippen LogP contribution in [-0.4, -0.2) is 115 Å². The molecule has 15 rings (SSSR count). The molecule has 5 radical (unpaired) electrons. The molecule has 25 heteroatoms. The van der Waals surface area contributed by atoms with Gasteiger partial charge in [-0.2, -0.15) is 0 Å². The van der Waals surface area contributed by atoms with Crippen LogP contribution in [0, 0.1) is 141 Å². The zero-order chi connectivity index (χ0) is 105. The molecule has 0 amide bonds. The molecule has 10 aromatic carbocycles. The number of nitrogens with zero attached hydrogens (tertiary/aromatic N) is 5. The van der Waals surface area contributed by atoms with E-state index in [4.69, 9.17) is 74.1 Å². The van der Waals surface area contributed by atoms with Gasteiger partial charge in [0.15, 0.2) is 28.9 Å². The van der Waals surface area contributed by atoms with E-state index in [1.807, 2.05) is 103 Å². The Bertz CT molecular complexity index is 6760. The molecule has 146 heavy (non-hydrogen) atoms. The molecule has 0 spiro atoms. The second-order valence-electron chi connectivity index (χ2n) is 34.2. The van der Waals surface area contributed by atoms with Crippen LogP contribution < -0.4 is 23.7 Å². The van der Waals surface area contributed by atoms with Crippen molar-refractivity contribution in [3.05, 3.63) is 354 Å². The zero-order valence-corrected chi connectivity index (χ0v) is 101. The summed E-state index contributed by atoms with van der Waals surface area (Å²) in [6.45, 7) is 48.3. The van der Waals surface area contributed by atoms with E-state index in [-0.39, 0.29) is 158 Å². The summed E-state index contributed by atoms with van der Waals surface area (Å²) in [4.78, 5) is 74.0. The molecule has 0 aliphatic rings. The number of hydrogen-bond donors (Lipinski definition) is 5. The van der Waals surface area contributed by atoms with Gasteiger partial charge in [-0.15, -0.1) is 171 Å². The Morgan fingerprint density at radius 1 is 0.240 bits per heavy atom. The van der Waals surface area contributed by atoms with Crippen molar-refractivity contribution in [1.82, 2.24) is 24.9 Å². The minimum absolute atomic E-state index is 0. The summed E-state index contributed by atoms with van der Waals surface area (Å²) in [5, 5.41) is 47.2. The molecule has 781 valence electrons. The van der Waals surface area contributed by atoms with E-state index < -0.39 is 0 Å². The minimum atomic E-state index is -0.125. The van der Waals surface area contributed by atoms with Gasteiger partial charge in [0, 0.05) is 158 Å². The van der Waals surface area contributed by atoms with Crippen molar-refractivity contribution in [3.63, 3.8) is 0 Å². The Labute approximate surface area is 929 Å². The summed E-state index contributed by atoms with van der Waals surface area (Å²) in [6.07, 6.45) is 5.83. The topological polar surface area (TPSA) is 297 Å². The summed E-state index contributed by atoms with van der Waals surface area (Å²) < 4.78 is 26.3.